The van der Waals surface area contributed by atoms with Crippen molar-refractivity contribution >= 4 is 11.8 Å². The van der Waals surface area contributed by atoms with E-state index < -0.39 is 11.6 Å². The summed E-state index contributed by atoms with van der Waals surface area (Å²) in [7, 11) is 0. The Hall–Kier alpha value is -1.39. The molecule has 0 amide bonds. The number of nitrogens with one attached hydrogen (secondary N) is 1. The largest absolute Gasteiger partial charge is 0.313 e. The van der Waals surface area contributed by atoms with Crippen molar-refractivity contribution < 1.29 is 8.78 Å². The SMILES string of the molecule is CCCNCc1ccc(SCc2ccc(F)c(F)c2)cc1. The van der Waals surface area contributed by atoms with Crippen molar-refractivity contribution in [1.29, 1.82) is 0 Å². The van der Waals surface area contributed by atoms with Gasteiger partial charge >= 0.3 is 0 Å². The second-order valence-corrected chi connectivity index (χ2v) is 5.91. The summed E-state index contributed by atoms with van der Waals surface area (Å²) in [5.41, 5.74) is 2.04. The van der Waals surface area contributed by atoms with Crippen LogP contribution in [0.25, 0.3) is 0 Å². The molecule has 0 atom stereocenters. The van der Waals surface area contributed by atoms with Gasteiger partial charge in [-0.3, -0.25) is 0 Å². The Morgan fingerprint density at radius 2 is 1.67 bits per heavy atom. The monoisotopic (exact) mass is 307 g/mol. The minimum absolute atomic E-state index is 0.630. The first kappa shape index (κ1) is 16.0. The van der Waals surface area contributed by atoms with Gasteiger partial charge in [0.2, 0.25) is 0 Å². The zero-order valence-corrected chi connectivity index (χ0v) is 12.9. The van der Waals surface area contributed by atoms with E-state index in [4.69, 9.17) is 0 Å². The van der Waals surface area contributed by atoms with Gasteiger partial charge in [-0.2, -0.15) is 0 Å². The van der Waals surface area contributed by atoms with Crippen LogP contribution in [0.5, 0.6) is 0 Å². The van der Waals surface area contributed by atoms with Crippen LogP contribution in [0.3, 0.4) is 0 Å². The third kappa shape index (κ3) is 5.14. The quantitative estimate of drug-likeness (QED) is 0.585. The van der Waals surface area contributed by atoms with Crippen LogP contribution in [-0.4, -0.2) is 6.54 Å². The van der Waals surface area contributed by atoms with Gasteiger partial charge in [0.1, 0.15) is 0 Å². The summed E-state index contributed by atoms with van der Waals surface area (Å²) in [4.78, 5) is 1.12. The van der Waals surface area contributed by atoms with Crippen LogP contribution in [0.2, 0.25) is 0 Å². The predicted molar refractivity (Wildman–Crippen MR) is 84.4 cm³/mol. The van der Waals surface area contributed by atoms with E-state index in [1.807, 2.05) is 0 Å². The number of hydrogen-bond acceptors (Lipinski definition) is 2. The van der Waals surface area contributed by atoms with Crippen molar-refractivity contribution in [2.45, 2.75) is 30.5 Å². The highest BCUT2D eigenvalue weighted by Crippen LogP contribution is 2.23. The first-order valence-corrected chi connectivity index (χ1v) is 8.04. The van der Waals surface area contributed by atoms with E-state index >= 15 is 0 Å². The van der Waals surface area contributed by atoms with Crippen LogP contribution in [0.1, 0.15) is 24.5 Å². The van der Waals surface area contributed by atoms with Crippen molar-refractivity contribution in [3.63, 3.8) is 0 Å². The number of thioether (sulfide) groups is 1. The molecule has 0 bridgehead atoms. The Morgan fingerprint density at radius 1 is 0.952 bits per heavy atom. The maximum Gasteiger partial charge on any atom is 0.159 e. The van der Waals surface area contributed by atoms with Gasteiger partial charge in [-0.1, -0.05) is 25.1 Å². The van der Waals surface area contributed by atoms with Crippen molar-refractivity contribution in [1.82, 2.24) is 5.32 Å². The molecule has 0 radical (unpaired) electrons. The van der Waals surface area contributed by atoms with E-state index in [2.05, 4.69) is 36.5 Å². The lowest BCUT2D eigenvalue weighted by atomic mass is 10.2. The number of hydrogen-bond donors (Lipinski definition) is 1. The third-order valence-electron chi connectivity index (χ3n) is 3.07. The molecular formula is C17H19F2NS. The van der Waals surface area contributed by atoms with Crippen molar-refractivity contribution in [3.05, 3.63) is 65.2 Å². The second-order valence-electron chi connectivity index (χ2n) is 4.86. The molecule has 0 aromatic heterocycles. The molecule has 0 spiro atoms. The highest BCUT2D eigenvalue weighted by Gasteiger charge is 2.03. The molecule has 0 heterocycles. The lowest BCUT2D eigenvalue weighted by Crippen LogP contribution is -2.13. The minimum Gasteiger partial charge on any atom is -0.313 e. The second kappa shape index (κ2) is 8.15. The summed E-state index contributed by atoms with van der Waals surface area (Å²) in [5.74, 6) is -0.955. The van der Waals surface area contributed by atoms with E-state index in [0.29, 0.717) is 5.75 Å². The smallest absolute Gasteiger partial charge is 0.159 e. The average molecular weight is 307 g/mol. The zero-order valence-electron chi connectivity index (χ0n) is 12.0. The molecule has 2 aromatic rings. The predicted octanol–water partition coefficient (Wildman–Crippen LogP) is 4.76. The van der Waals surface area contributed by atoms with Crippen molar-refractivity contribution in [3.8, 4) is 0 Å². The number of halogens is 2. The fraction of sp³-hybridized carbons (Fsp3) is 0.294. The molecule has 2 aromatic carbocycles. The summed E-state index contributed by atoms with van der Waals surface area (Å²) in [6, 6.07) is 12.4. The maximum absolute atomic E-state index is 13.1. The fourth-order valence-electron chi connectivity index (χ4n) is 1.91. The molecule has 4 heteroatoms. The summed E-state index contributed by atoms with van der Waals surface area (Å²) in [6.45, 7) is 4.04. The van der Waals surface area contributed by atoms with E-state index in [1.54, 1.807) is 17.8 Å². The number of rotatable bonds is 7. The summed E-state index contributed by atoms with van der Waals surface area (Å²) < 4.78 is 26.0. The molecule has 21 heavy (non-hydrogen) atoms. The molecule has 0 aliphatic rings. The topological polar surface area (TPSA) is 12.0 Å². The van der Waals surface area contributed by atoms with Gasteiger partial charge in [-0.25, -0.2) is 8.78 Å². The standard InChI is InChI=1S/C17H19F2NS/c1-2-9-20-11-13-3-6-15(7-4-13)21-12-14-5-8-16(18)17(19)10-14/h3-8,10,20H,2,9,11-12H2,1H3. The summed E-state index contributed by atoms with van der Waals surface area (Å²) >= 11 is 1.62. The first-order chi connectivity index (χ1) is 10.2. The molecule has 0 saturated carbocycles. The van der Waals surface area contributed by atoms with Gasteiger partial charge in [0, 0.05) is 17.2 Å². The lowest BCUT2D eigenvalue weighted by Gasteiger charge is -2.06. The van der Waals surface area contributed by atoms with Crippen LogP contribution in [0, 0.1) is 11.6 Å². The van der Waals surface area contributed by atoms with Crippen LogP contribution >= 0.6 is 11.8 Å². The van der Waals surface area contributed by atoms with E-state index in [1.165, 1.54) is 17.7 Å². The van der Waals surface area contributed by atoms with Gasteiger partial charge in [0.05, 0.1) is 0 Å². The van der Waals surface area contributed by atoms with E-state index in [-0.39, 0.29) is 0 Å². The molecular weight excluding hydrogens is 288 g/mol. The van der Waals surface area contributed by atoms with E-state index in [9.17, 15) is 8.78 Å². The van der Waals surface area contributed by atoms with Gasteiger partial charge in [0.25, 0.3) is 0 Å². The lowest BCUT2D eigenvalue weighted by molar-refractivity contribution is 0.507. The van der Waals surface area contributed by atoms with Crippen LogP contribution < -0.4 is 5.32 Å². The zero-order chi connectivity index (χ0) is 15.1. The number of benzene rings is 2. The minimum atomic E-state index is -0.798. The van der Waals surface area contributed by atoms with Crippen LogP contribution in [0.4, 0.5) is 8.78 Å². The Kier molecular flexibility index (Phi) is 6.21. The average Bonchev–Trinajstić information content (AvgIpc) is 2.50. The van der Waals surface area contributed by atoms with Gasteiger partial charge in [0.15, 0.2) is 11.6 Å². The molecule has 0 saturated heterocycles. The molecule has 0 aliphatic carbocycles. The van der Waals surface area contributed by atoms with E-state index in [0.717, 1.165) is 30.0 Å². The van der Waals surface area contributed by atoms with Gasteiger partial charge in [-0.15, -0.1) is 11.8 Å². The Balaban J connectivity index is 1.86. The third-order valence-corrected chi connectivity index (χ3v) is 4.15. The molecule has 0 aliphatic heterocycles. The Bertz CT molecular complexity index is 570. The van der Waals surface area contributed by atoms with Crippen molar-refractivity contribution in [2.24, 2.45) is 0 Å². The van der Waals surface area contributed by atoms with Crippen molar-refractivity contribution in [2.75, 3.05) is 6.54 Å². The fourth-order valence-corrected chi connectivity index (χ4v) is 2.75. The van der Waals surface area contributed by atoms with Crippen LogP contribution in [-0.2, 0) is 12.3 Å². The summed E-state index contributed by atoms with van der Waals surface area (Å²) in [6.07, 6.45) is 1.13. The summed E-state index contributed by atoms with van der Waals surface area (Å²) in [5, 5.41) is 3.36. The molecule has 1 N–H and O–H groups in total. The normalized spacial score (nSPS) is 10.8. The molecule has 1 nitrogen and oxygen atoms in total. The van der Waals surface area contributed by atoms with Crippen LogP contribution in [0.15, 0.2) is 47.4 Å². The Morgan fingerprint density at radius 3 is 2.33 bits per heavy atom. The molecule has 0 fully saturated rings. The molecule has 2 rings (SSSR count). The highest BCUT2D eigenvalue weighted by molar-refractivity contribution is 7.98. The van der Waals surface area contributed by atoms with Gasteiger partial charge in [-0.05, 0) is 48.4 Å². The highest BCUT2D eigenvalue weighted by atomic mass is 32.2. The first-order valence-electron chi connectivity index (χ1n) is 7.05. The molecule has 112 valence electrons. The molecule has 0 unspecified atom stereocenters. The Labute approximate surface area is 128 Å². The maximum atomic E-state index is 13.1. The van der Waals surface area contributed by atoms with Gasteiger partial charge < -0.3 is 5.32 Å².